The van der Waals surface area contributed by atoms with Gasteiger partial charge in [-0.05, 0) is 36.2 Å². The van der Waals surface area contributed by atoms with E-state index < -0.39 is 11.7 Å². The number of aliphatic hydroxyl groups excluding tert-OH is 1. The van der Waals surface area contributed by atoms with Crippen molar-refractivity contribution in [3.8, 4) is 0 Å². The third kappa shape index (κ3) is 3.04. The number of halogens is 1. The summed E-state index contributed by atoms with van der Waals surface area (Å²) < 4.78 is 19.4. The molecule has 1 saturated heterocycles. The number of nitrogens with one attached hydrogen (secondary N) is 1. The zero-order valence-electron chi connectivity index (χ0n) is 12.3. The Balaban J connectivity index is 1.87. The Hall–Kier alpha value is -1.75. The Kier molecular flexibility index (Phi) is 4.52. The first-order chi connectivity index (χ1) is 10.7. The number of piperidine rings is 1. The van der Waals surface area contributed by atoms with E-state index in [1.54, 1.807) is 12.1 Å². The summed E-state index contributed by atoms with van der Waals surface area (Å²) in [4.78, 5) is 0. The maximum absolute atomic E-state index is 13.2. The van der Waals surface area contributed by atoms with E-state index in [-0.39, 0.29) is 5.82 Å². The maximum Gasteiger partial charge on any atom is 0.123 e. The molecule has 0 saturated carbocycles. The lowest BCUT2D eigenvalue weighted by molar-refractivity contribution is -0.152. The predicted molar refractivity (Wildman–Crippen MR) is 82.8 cm³/mol. The van der Waals surface area contributed by atoms with Crippen LogP contribution in [0.1, 0.15) is 17.5 Å². The van der Waals surface area contributed by atoms with E-state index in [0.717, 1.165) is 17.7 Å². The molecule has 0 spiro atoms. The second kappa shape index (κ2) is 6.57. The molecule has 1 fully saturated rings. The van der Waals surface area contributed by atoms with Crippen LogP contribution in [0.5, 0.6) is 0 Å². The molecule has 0 bridgehead atoms. The Bertz CT molecular complexity index is 602. The van der Waals surface area contributed by atoms with Crippen molar-refractivity contribution in [1.82, 2.24) is 5.32 Å². The lowest BCUT2D eigenvalue weighted by atomic mass is 9.82. The topological polar surface area (TPSA) is 41.5 Å². The number of rotatable bonds is 4. The molecule has 2 N–H and O–H groups in total. The monoisotopic (exact) mass is 301 g/mol. The third-order valence-corrected chi connectivity index (χ3v) is 4.22. The van der Waals surface area contributed by atoms with Crippen LogP contribution in [-0.2, 0) is 16.9 Å². The Labute approximate surface area is 129 Å². The average Bonchev–Trinajstić information content (AvgIpc) is 2.56. The molecule has 0 amide bonds. The van der Waals surface area contributed by atoms with Crippen molar-refractivity contribution in [2.45, 2.75) is 24.7 Å². The normalized spacial score (nSPS) is 25.1. The fraction of sp³-hybridized carbons (Fsp3) is 0.333. The Morgan fingerprint density at radius 1 is 1.14 bits per heavy atom. The summed E-state index contributed by atoms with van der Waals surface area (Å²) >= 11 is 0. The van der Waals surface area contributed by atoms with Crippen molar-refractivity contribution in [1.29, 1.82) is 0 Å². The SMILES string of the molecule is O[C@H]1CNCC[C@]1(OCc1ccccc1)c1ccc(F)cc1. The van der Waals surface area contributed by atoms with Crippen LogP contribution in [0.4, 0.5) is 4.39 Å². The number of benzene rings is 2. The van der Waals surface area contributed by atoms with E-state index >= 15 is 0 Å². The van der Waals surface area contributed by atoms with Gasteiger partial charge in [-0.1, -0.05) is 42.5 Å². The first kappa shape index (κ1) is 15.2. The predicted octanol–water partition coefficient (Wildman–Crippen LogP) is 2.59. The molecular weight excluding hydrogens is 281 g/mol. The van der Waals surface area contributed by atoms with Gasteiger partial charge in [0.05, 0.1) is 12.7 Å². The van der Waals surface area contributed by atoms with E-state index in [4.69, 9.17) is 4.74 Å². The summed E-state index contributed by atoms with van der Waals surface area (Å²) in [5, 5.41) is 13.7. The highest BCUT2D eigenvalue weighted by Gasteiger charge is 2.42. The van der Waals surface area contributed by atoms with Crippen LogP contribution in [0.3, 0.4) is 0 Å². The molecule has 2 aromatic rings. The van der Waals surface area contributed by atoms with Gasteiger partial charge in [0.1, 0.15) is 11.4 Å². The van der Waals surface area contributed by atoms with Crippen molar-refractivity contribution in [2.24, 2.45) is 0 Å². The summed E-state index contributed by atoms with van der Waals surface area (Å²) in [6.45, 7) is 1.63. The van der Waals surface area contributed by atoms with Crippen molar-refractivity contribution in [3.05, 3.63) is 71.5 Å². The highest BCUT2D eigenvalue weighted by molar-refractivity contribution is 5.26. The zero-order valence-corrected chi connectivity index (χ0v) is 12.3. The van der Waals surface area contributed by atoms with E-state index in [1.807, 2.05) is 30.3 Å². The molecule has 0 aromatic heterocycles. The number of β-amino-alcohol motifs (C(OH)–C–C–N with tert-alkyl or cyclic N) is 1. The molecule has 1 aliphatic rings. The van der Waals surface area contributed by atoms with Crippen LogP contribution in [-0.4, -0.2) is 24.3 Å². The second-order valence-electron chi connectivity index (χ2n) is 5.64. The summed E-state index contributed by atoms with van der Waals surface area (Å²) in [5.74, 6) is -0.287. The molecule has 3 nitrogen and oxygen atoms in total. The van der Waals surface area contributed by atoms with Crippen LogP contribution in [0, 0.1) is 5.82 Å². The highest BCUT2D eigenvalue weighted by Crippen LogP contribution is 2.36. The third-order valence-electron chi connectivity index (χ3n) is 4.22. The minimum Gasteiger partial charge on any atom is -0.388 e. The molecule has 22 heavy (non-hydrogen) atoms. The molecule has 1 aliphatic heterocycles. The smallest absolute Gasteiger partial charge is 0.123 e. The molecule has 0 aliphatic carbocycles. The second-order valence-corrected chi connectivity index (χ2v) is 5.64. The number of aliphatic hydroxyl groups is 1. The van der Waals surface area contributed by atoms with Gasteiger partial charge in [-0.25, -0.2) is 4.39 Å². The van der Waals surface area contributed by atoms with Gasteiger partial charge < -0.3 is 15.2 Å². The molecule has 1 heterocycles. The molecule has 3 rings (SSSR count). The Morgan fingerprint density at radius 2 is 1.86 bits per heavy atom. The number of hydrogen-bond donors (Lipinski definition) is 2. The van der Waals surface area contributed by atoms with Crippen LogP contribution < -0.4 is 5.32 Å². The van der Waals surface area contributed by atoms with Gasteiger partial charge in [0.2, 0.25) is 0 Å². The van der Waals surface area contributed by atoms with Crippen molar-refractivity contribution in [3.63, 3.8) is 0 Å². The molecule has 2 atom stereocenters. The molecule has 0 unspecified atom stereocenters. The van der Waals surface area contributed by atoms with Gasteiger partial charge >= 0.3 is 0 Å². The van der Waals surface area contributed by atoms with E-state index in [2.05, 4.69) is 5.32 Å². The standard InChI is InChI=1S/C18H20FNO2/c19-16-8-6-15(7-9-16)18(10-11-20-12-17(18)21)22-13-14-4-2-1-3-5-14/h1-9,17,20-21H,10-13H2/t17-,18-/m0/s1. The quantitative estimate of drug-likeness (QED) is 0.912. The Morgan fingerprint density at radius 3 is 2.55 bits per heavy atom. The first-order valence-electron chi connectivity index (χ1n) is 7.53. The van der Waals surface area contributed by atoms with Crippen molar-refractivity contribution in [2.75, 3.05) is 13.1 Å². The van der Waals surface area contributed by atoms with E-state index in [1.165, 1.54) is 12.1 Å². The number of hydrogen-bond acceptors (Lipinski definition) is 3. The summed E-state index contributed by atoms with van der Waals surface area (Å²) in [6.07, 6.45) is -0.0254. The summed E-state index contributed by atoms with van der Waals surface area (Å²) in [7, 11) is 0. The largest absolute Gasteiger partial charge is 0.388 e. The van der Waals surface area contributed by atoms with Crippen LogP contribution >= 0.6 is 0 Å². The van der Waals surface area contributed by atoms with Crippen molar-refractivity contribution < 1.29 is 14.2 Å². The van der Waals surface area contributed by atoms with Crippen LogP contribution in [0.2, 0.25) is 0 Å². The van der Waals surface area contributed by atoms with Crippen LogP contribution in [0.15, 0.2) is 54.6 Å². The van der Waals surface area contributed by atoms with Gasteiger partial charge in [0.15, 0.2) is 0 Å². The van der Waals surface area contributed by atoms with Gasteiger partial charge in [-0.2, -0.15) is 0 Å². The summed E-state index contributed by atoms with van der Waals surface area (Å²) in [6, 6.07) is 16.1. The first-order valence-corrected chi connectivity index (χ1v) is 7.53. The molecule has 4 heteroatoms. The number of ether oxygens (including phenoxy) is 1. The molecular formula is C18H20FNO2. The summed E-state index contributed by atoms with van der Waals surface area (Å²) in [5.41, 5.74) is 1.07. The van der Waals surface area contributed by atoms with Gasteiger partial charge in [0, 0.05) is 6.54 Å². The lowest BCUT2D eigenvalue weighted by Crippen LogP contribution is -2.53. The zero-order chi connectivity index (χ0) is 15.4. The minimum absolute atomic E-state index is 0.287. The fourth-order valence-electron chi connectivity index (χ4n) is 2.95. The fourth-order valence-corrected chi connectivity index (χ4v) is 2.95. The molecule has 116 valence electrons. The van der Waals surface area contributed by atoms with Crippen LogP contribution in [0.25, 0.3) is 0 Å². The van der Waals surface area contributed by atoms with Crippen molar-refractivity contribution >= 4 is 0 Å². The maximum atomic E-state index is 13.2. The molecule has 0 radical (unpaired) electrons. The van der Waals surface area contributed by atoms with Gasteiger partial charge in [-0.3, -0.25) is 0 Å². The molecule has 2 aromatic carbocycles. The van der Waals surface area contributed by atoms with Gasteiger partial charge in [-0.15, -0.1) is 0 Å². The highest BCUT2D eigenvalue weighted by atomic mass is 19.1. The minimum atomic E-state index is -0.797. The van der Waals surface area contributed by atoms with Gasteiger partial charge in [0.25, 0.3) is 0 Å². The van der Waals surface area contributed by atoms with E-state index in [9.17, 15) is 9.50 Å². The van der Waals surface area contributed by atoms with E-state index in [0.29, 0.717) is 19.6 Å². The average molecular weight is 301 g/mol. The lowest BCUT2D eigenvalue weighted by Gasteiger charge is -2.42.